The molecule has 1 aliphatic rings. The number of rotatable bonds is 6. The lowest BCUT2D eigenvalue weighted by Gasteiger charge is -2.21. The number of hydrogen-bond donors (Lipinski definition) is 3. The van der Waals surface area contributed by atoms with E-state index in [-0.39, 0.29) is 23.0 Å². The molecule has 1 amide bonds. The first-order chi connectivity index (χ1) is 18.4. The zero-order valence-corrected chi connectivity index (χ0v) is 22.0. The van der Waals surface area contributed by atoms with Gasteiger partial charge in [0, 0.05) is 33.0 Å². The highest BCUT2D eigenvalue weighted by Gasteiger charge is 2.32. The number of ketones is 2. The van der Waals surface area contributed by atoms with Gasteiger partial charge in [-0.3, -0.25) is 14.4 Å². The number of thioether (sulfide) groups is 1. The summed E-state index contributed by atoms with van der Waals surface area (Å²) in [5, 5.41) is 9.14. The topological polar surface area (TPSA) is 87.3 Å². The second kappa shape index (κ2) is 11.0. The number of anilines is 3. The molecule has 6 nitrogen and oxygen atoms in total. The van der Waals surface area contributed by atoms with Gasteiger partial charge in [-0.2, -0.15) is 0 Å². The van der Waals surface area contributed by atoms with Crippen LogP contribution in [0.3, 0.4) is 0 Å². The molecule has 1 aliphatic carbocycles. The monoisotopic (exact) mass is 537 g/mol. The molecule has 38 heavy (non-hydrogen) atoms. The zero-order chi connectivity index (χ0) is 26.6. The van der Waals surface area contributed by atoms with E-state index in [2.05, 4.69) is 16.0 Å². The fourth-order valence-electron chi connectivity index (χ4n) is 4.20. The summed E-state index contributed by atoms with van der Waals surface area (Å²) in [5.41, 5.74) is 3.25. The van der Waals surface area contributed by atoms with Crippen molar-refractivity contribution in [1.29, 1.82) is 0 Å². The second-order valence-corrected chi connectivity index (χ2v) is 10.5. The Labute approximate surface area is 229 Å². The molecule has 0 aliphatic heterocycles. The lowest BCUT2D eigenvalue weighted by atomic mass is 9.83. The Morgan fingerprint density at radius 2 is 1.32 bits per heavy atom. The minimum atomic E-state index is -0.475. The maximum Gasteiger partial charge on any atom is 0.237 e. The van der Waals surface area contributed by atoms with Crippen molar-refractivity contribution >= 4 is 63.6 Å². The van der Waals surface area contributed by atoms with Gasteiger partial charge < -0.3 is 16.0 Å². The molecule has 0 bridgehead atoms. The first-order valence-corrected chi connectivity index (χ1v) is 13.2. The highest BCUT2D eigenvalue weighted by molar-refractivity contribution is 8.00. The van der Waals surface area contributed by atoms with E-state index in [4.69, 9.17) is 12.2 Å². The molecule has 0 radical (unpaired) electrons. The molecule has 0 saturated carbocycles. The van der Waals surface area contributed by atoms with Crippen molar-refractivity contribution in [2.24, 2.45) is 0 Å². The largest absolute Gasteiger partial charge is 0.332 e. The van der Waals surface area contributed by atoms with Crippen molar-refractivity contribution in [3.8, 4) is 0 Å². The van der Waals surface area contributed by atoms with Gasteiger partial charge in [0.25, 0.3) is 0 Å². The predicted molar refractivity (Wildman–Crippen MR) is 156 cm³/mol. The summed E-state index contributed by atoms with van der Waals surface area (Å²) < 4.78 is 0. The molecule has 188 valence electrons. The van der Waals surface area contributed by atoms with Gasteiger partial charge in [0.15, 0.2) is 16.7 Å². The van der Waals surface area contributed by atoms with E-state index in [1.54, 1.807) is 49.4 Å². The summed E-state index contributed by atoms with van der Waals surface area (Å²) in [7, 11) is 0. The van der Waals surface area contributed by atoms with Crippen LogP contribution in [0.25, 0.3) is 0 Å². The van der Waals surface area contributed by atoms with Crippen LogP contribution < -0.4 is 16.0 Å². The van der Waals surface area contributed by atoms with E-state index in [9.17, 15) is 14.4 Å². The van der Waals surface area contributed by atoms with Crippen molar-refractivity contribution in [3.63, 3.8) is 0 Å². The molecule has 4 aromatic carbocycles. The Bertz CT molecular complexity index is 1570. The molecular weight excluding hydrogens is 514 g/mol. The van der Waals surface area contributed by atoms with Crippen molar-refractivity contribution in [3.05, 3.63) is 119 Å². The van der Waals surface area contributed by atoms with E-state index >= 15 is 0 Å². The van der Waals surface area contributed by atoms with Crippen LogP contribution in [0.4, 0.5) is 17.1 Å². The number of amides is 1. The minimum Gasteiger partial charge on any atom is -0.332 e. The summed E-state index contributed by atoms with van der Waals surface area (Å²) in [6.07, 6.45) is 0. The van der Waals surface area contributed by atoms with Gasteiger partial charge in [-0.15, -0.1) is 11.8 Å². The fraction of sp³-hybridized carbons (Fsp3) is 0.0667. The Hall–Kier alpha value is -4.27. The third kappa shape index (κ3) is 5.37. The van der Waals surface area contributed by atoms with Crippen molar-refractivity contribution < 1.29 is 14.4 Å². The summed E-state index contributed by atoms with van der Waals surface area (Å²) in [6.45, 7) is 1.79. The van der Waals surface area contributed by atoms with Gasteiger partial charge in [-0.25, -0.2) is 0 Å². The smallest absolute Gasteiger partial charge is 0.237 e. The first kappa shape index (κ1) is 25.4. The van der Waals surface area contributed by atoms with Crippen molar-refractivity contribution in [2.45, 2.75) is 17.1 Å². The Kier molecular flexibility index (Phi) is 7.35. The predicted octanol–water partition coefficient (Wildman–Crippen LogP) is 6.39. The molecule has 0 saturated heterocycles. The van der Waals surface area contributed by atoms with Gasteiger partial charge in [-0.1, -0.05) is 60.7 Å². The van der Waals surface area contributed by atoms with E-state index in [1.165, 1.54) is 11.8 Å². The van der Waals surface area contributed by atoms with Gasteiger partial charge in [0.2, 0.25) is 5.91 Å². The summed E-state index contributed by atoms with van der Waals surface area (Å²) in [4.78, 5) is 40.2. The van der Waals surface area contributed by atoms with Crippen LogP contribution in [0.5, 0.6) is 0 Å². The maximum atomic E-state index is 13.2. The summed E-state index contributed by atoms with van der Waals surface area (Å²) >= 11 is 6.79. The first-order valence-electron chi connectivity index (χ1n) is 11.9. The van der Waals surface area contributed by atoms with Crippen LogP contribution >= 0.6 is 24.0 Å². The quantitative estimate of drug-likeness (QED) is 0.171. The third-order valence-corrected chi connectivity index (χ3v) is 7.31. The SMILES string of the molecule is CC(Sc1cccc(NC(=S)Nc2ccccc2)c1)C(=O)Nc1cccc2c1C(=O)c1ccccc1C2=O. The number of thiocarbonyl (C=S) groups is 1. The zero-order valence-electron chi connectivity index (χ0n) is 20.4. The molecule has 0 aromatic heterocycles. The number of hydrogen-bond acceptors (Lipinski definition) is 5. The minimum absolute atomic E-state index is 0.224. The maximum absolute atomic E-state index is 13.2. The molecule has 1 unspecified atom stereocenters. The molecule has 5 rings (SSSR count). The van der Waals surface area contributed by atoms with Gasteiger partial charge in [0.05, 0.1) is 16.5 Å². The summed E-state index contributed by atoms with van der Waals surface area (Å²) in [6, 6.07) is 28.9. The highest BCUT2D eigenvalue weighted by Crippen LogP contribution is 2.33. The van der Waals surface area contributed by atoms with Gasteiger partial charge in [0.1, 0.15) is 0 Å². The lowest BCUT2D eigenvalue weighted by Crippen LogP contribution is -2.27. The van der Waals surface area contributed by atoms with E-state index in [0.717, 1.165) is 16.3 Å². The van der Waals surface area contributed by atoms with Crippen LogP contribution in [-0.4, -0.2) is 27.8 Å². The van der Waals surface area contributed by atoms with Crippen LogP contribution in [0.15, 0.2) is 102 Å². The number of carbonyl (C=O) groups excluding carboxylic acids is 3. The molecule has 3 N–H and O–H groups in total. The molecule has 0 heterocycles. The second-order valence-electron chi connectivity index (χ2n) is 8.65. The number of fused-ring (bicyclic) bond motifs is 2. The van der Waals surface area contributed by atoms with Gasteiger partial charge in [-0.05, 0) is 55.5 Å². The molecule has 4 aromatic rings. The summed E-state index contributed by atoms with van der Waals surface area (Å²) in [5.74, 6) is -0.773. The number of benzene rings is 4. The van der Waals surface area contributed by atoms with E-state index in [0.29, 0.717) is 27.5 Å². The highest BCUT2D eigenvalue weighted by atomic mass is 32.2. The average Bonchev–Trinajstić information content (AvgIpc) is 2.92. The van der Waals surface area contributed by atoms with Crippen LogP contribution in [0.2, 0.25) is 0 Å². The fourth-order valence-corrected chi connectivity index (χ4v) is 5.37. The van der Waals surface area contributed by atoms with E-state index < -0.39 is 5.25 Å². The Morgan fingerprint density at radius 3 is 2.08 bits per heavy atom. The van der Waals surface area contributed by atoms with Crippen molar-refractivity contribution in [1.82, 2.24) is 0 Å². The molecule has 1 atom stereocenters. The van der Waals surface area contributed by atoms with Gasteiger partial charge >= 0.3 is 0 Å². The molecule has 0 spiro atoms. The standard InChI is InChI=1S/C30H23N3O3S2/c1-18(38-21-12-7-11-20(17-21)32-30(37)31-19-9-3-2-4-10-19)29(36)33-25-16-8-15-24-26(25)28(35)23-14-6-5-13-22(23)27(24)34/h2-18H,1H3,(H,33,36)(H2,31,32,37). The normalized spacial score (nSPS) is 12.7. The Morgan fingerprint density at radius 1 is 0.711 bits per heavy atom. The van der Waals surface area contributed by atoms with Crippen LogP contribution in [0.1, 0.15) is 38.8 Å². The van der Waals surface area contributed by atoms with E-state index in [1.807, 2.05) is 54.6 Å². The lowest BCUT2D eigenvalue weighted by molar-refractivity contribution is -0.115. The average molecular weight is 538 g/mol. The third-order valence-electron chi connectivity index (χ3n) is 6.02. The number of nitrogens with one attached hydrogen (secondary N) is 3. The number of carbonyl (C=O) groups is 3. The molecular formula is C30H23N3O3S2. The van der Waals surface area contributed by atoms with Crippen LogP contribution in [0, 0.1) is 0 Å². The molecule has 0 fully saturated rings. The Balaban J connectivity index is 1.27. The van der Waals surface area contributed by atoms with Crippen molar-refractivity contribution in [2.75, 3.05) is 16.0 Å². The molecule has 8 heteroatoms. The van der Waals surface area contributed by atoms with Crippen LogP contribution in [-0.2, 0) is 4.79 Å². The number of para-hydroxylation sites is 1.